The molecule has 0 fully saturated rings. The maximum Gasteiger partial charge on any atom is 0.129 e. The molecule has 0 spiro atoms. The highest BCUT2D eigenvalue weighted by Crippen LogP contribution is 2.25. The van der Waals surface area contributed by atoms with Crippen LogP contribution >= 0.6 is 0 Å². The molecule has 1 aromatic heterocycles. The van der Waals surface area contributed by atoms with Crippen LogP contribution in [0, 0.1) is 6.92 Å². The molecule has 0 saturated carbocycles. The van der Waals surface area contributed by atoms with Gasteiger partial charge in [-0.1, -0.05) is 17.7 Å². The molecule has 114 valence electrons. The van der Waals surface area contributed by atoms with Crippen molar-refractivity contribution in [2.24, 2.45) is 0 Å². The lowest BCUT2D eigenvalue weighted by atomic mass is 10.2. The van der Waals surface area contributed by atoms with Crippen LogP contribution in [0.1, 0.15) is 12.0 Å². The summed E-state index contributed by atoms with van der Waals surface area (Å²) in [5.41, 5.74) is 3.29. The SMILES string of the molecule is COCCCn1cnc2ccc(Oc3ccc(C)cc3)cc21. The summed E-state index contributed by atoms with van der Waals surface area (Å²) in [6.45, 7) is 3.70. The van der Waals surface area contributed by atoms with Crippen molar-refractivity contribution >= 4 is 11.0 Å². The maximum absolute atomic E-state index is 5.93. The van der Waals surface area contributed by atoms with Crippen molar-refractivity contribution in [2.75, 3.05) is 13.7 Å². The Balaban J connectivity index is 1.81. The highest BCUT2D eigenvalue weighted by atomic mass is 16.5. The second-order valence-corrected chi connectivity index (χ2v) is 5.35. The summed E-state index contributed by atoms with van der Waals surface area (Å²) in [4.78, 5) is 4.42. The molecule has 0 atom stereocenters. The quantitative estimate of drug-likeness (QED) is 0.640. The van der Waals surface area contributed by atoms with Gasteiger partial charge in [0.2, 0.25) is 0 Å². The Kier molecular flexibility index (Phi) is 4.39. The van der Waals surface area contributed by atoms with Crippen LogP contribution in [-0.2, 0) is 11.3 Å². The molecular formula is C18H20N2O2. The van der Waals surface area contributed by atoms with Crippen LogP contribution in [0.2, 0.25) is 0 Å². The van der Waals surface area contributed by atoms with Crippen molar-refractivity contribution in [1.82, 2.24) is 9.55 Å². The van der Waals surface area contributed by atoms with Gasteiger partial charge >= 0.3 is 0 Å². The fraction of sp³-hybridized carbons (Fsp3) is 0.278. The minimum Gasteiger partial charge on any atom is -0.457 e. The third-order valence-electron chi connectivity index (χ3n) is 3.60. The first-order chi connectivity index (χ1) is 10.8. The van der Waals surface area contributed by atoms with Gasteiger partial charge in [0.1, 0.15) is 11.5 Å². The smallest absolute Gasteiger partial charge is 0.129 e. The Morgan fingerprint density at radius 2 is 1.82 bits per heavy atom. The number of aryl methyl sites for hydroxylation is 2. The summed E-state index contributed by atoms with van der Waals surface area (Å²) in [5, 5.41) is 0. The second kappa shape index (κ2) is 6.62. The fourth-order valence-electron chi connectivity index (χ4n) is 2.40. The molecule has 0 aliphatic heterocycles. The first-order valence-corrected chi connectivity index (χ1v) is 7.44. The van der Waals surface area contributed by atoms with Crippen molar-refractivity contribution in [3.05, 3.63) is 54.4 Å². The molecule has 0 bridgehead atoms. The van der Waals surface area contributed by atoms with Gasteiger partial charge in [-0.15, -0.1) is 0 Å². The summed E-state index contributed by atoms with van der Waals surface area (Å²) in [6, 6.07) is 14.0. The molecule has 2 aromatic carbocycles. The van der Waals surface area contributed by atoms with Crippen LogP contribution in [0.5, 0.6) is 11.5 Å². The zero-order valence-electron chi connectivity index (χ0n) is 13.0. The third-order valence-corrected chi connectivity index (χ3v) is 3.60. The van der Waals surface area contributed by atoms with Gasteiger partial charge in [0.25, 0.3) is 0 Å². The molecule has 4 heteroatoms. The Morgan fingerprint density at radius 3 is 2.59 bits per heavy atom. The van der Waals surface area contributed by atoms with Gasteiger partial charge in [-0.25, -0.2) is 4.98 Å². The Hall–Kier alpha value is -2.33. The minimum absolute atomic E-state index is 0.749. The Morgan fingerprint density at radius 1 is 1.05 bits per heavy atom. The number of nitrogens with zero attached hydrogens (tertiary/aromatic N) is 2. The van der Waals surface area contributed by atoms with Gasteiger partial charge in [-0.3, -0.25) is 0 Å². The van der Waals surface area contributed by atoms with Crippen molar-refractivity contribution in [2.45, 2.75) is 19.9 Å². The number of hydrogen-bond donors (Lipinski definition) is 0. The molecular weight excluding hydrogens is 276 g/mol. The third kappa shape index (κ3) is 3.28. The van der Waals surface area contributed by atoms with Gasteiger partial charge in [0.05, 0.1) is 17.4 Å². The van der Waals surface area contributed by atoms with Crippen LogP contribution in [0.15, 0.2) is 48.8 Å². The topological polar surface area (TPSA) is 36.3 Å². The predicted octanol–water partition coefficient (Wildman–Crippen LogP) is 4.17. The molecule has 0 amide bonds. The number of fused-ring (bicyclic) bond motifs is 1. The lowest BCUT2D eigenvalue weighted by molar-refractivity contribution is 0.190. The Bertz CT molecular complexity index is 747. The van der Waals surface area contributed by atoms with Crippen LogP contribution in [0.3, 0.4) is 0 Å². The van der Waals surface area contributed by atoms with E-state index in [9.17, 15) is 0 Å². The van der Waals surface area contributed by atoms with E-state index < -0.39 is 0 Å². The molecule has 3 aromatic rings. The van der Waals surface area contributed by atoms with E-state index in [1.807, 2.05) is 48.8 Å². The first kappa shape index (κ1) is 14.6. The molecule has 0 unspecified atom stereocenters. The molecule has 0 saturated heterocycles. The maximum atomic E-state index is 5.93. The largest absolute Gasteiger partial charge is 0.457 e. The van der Waals surface area contributed by atoms with Crippen LogP contribution in [0.4, 0.5) is 0 Å². The van der Waals surface area contributed by atoms with Crippen LogP contribution in [-0.4, -0.2) is 23.3 Å². The van der Waals surface area contributed by atoms with Crippen molar-refractivity contribution in [1.29, 1.82) is 0 Å². The summed E-state index contributed by atoms with van der Waals surface area (Å²) in [7, 11) is 1.72. The molecule has 0 aliphatic carbocycles. The summed E-state index contributed by atoms with van der Waals surface area (Å²) in [6.07, 6.45) is 2.83. The van der Waals surface area contributed by atoms with E-state index in [0.29, 0.717) is 0 Å². The summed E-state index contributed by atoms with van der Waals surface area (Å²) in [5.74, 6) is 1.67. The predicted molar refractivity (Wildman–Crippen MR) is 87.5 cm³/mol. The molecule has 0 aliphatic rings. The number of ether oxygens (including phenoxy) is 2. The molecule has 1 heterocycles. The van der Waals surface area contributed by atoms with Crippen molar-refractivity contribution < 1.29 is 9.47 Å². The van der Waals surface area contributed by atoms with Crippen molar-refractivity contribution in [3.63, 3.8) is 0 Å². The molecule has 4 nitrogen and oxygen atoms in total. The zero-order chi connectivity index (χ0) is 15.4. The monoisotopic (exact) mass is 296 g/mol. The minimum atomic E-state index is 0.749. The molecule has 3 rings (SSSR count). The van der Waals surface area contributed by atoms with E-state index in [1.165, 1.54) is 5.56 Å². The second-order valence-electron chi connectivity index (χ2n) is 5.35. The average Bonchev–Trinajstić information content (AvgIpc) is 2.93. The lowest BCUT2D eigenvalue weighted by Gasteiger charge is -2.08. The standard InChI is InChI=1S/C18H20N2O2/c1-14-4-6-15(7-5-14)22-16-8-9-17-18(12-16)20(13-19-17)10-3-11-21-2/h4-9,12-13H,3,10-11H2,1-2H3. The van der Waals surface area contributed by atoms with Gasteiger partial charge in [-0.2, -0.15) is 0 Å². The molecule has 0 N–H and O–H groups in total. The van der Waals surface area contributed by atoms with Gasteiger partial charge in [-0.05, 0) is 37.6 Å². The number of rotatable bonds is 6. The normalized spacial score (nSPS) is 11.0. The van der Waals surface area contributed by atoms with Crippen LogP contribution < -0.4 is 4.74 Å². The van der Waals surface area contributed by atoms with E-state index in [1.54, 1.807) is 7.11 Å². The number of hydrogen-bond acceptors (Lipinski definition) is 3. The van der Waals surface area contributed by atoms with Gasteiger partial charge in [0.15, 0.2) is 0 Å². The number of imidazole rings is 1. The molecule has 22 heavy (non-hydrogen) atoms. The van der Waals surface area contributed by atoms with Gasteiger partial charge in [0, 0.05) is 26.3 Å². The number of aromatic nitrogens is 2. The zero-order valence-corrected chi connectivity index (χ0v) is 13.0. The van der Waals surface area contributed by atoms with E-state index in [4.69, 9.17) is 9.47 Å². The summed E-state index contributed by atoms with van der Waals surface area (Å²) < 4.78 is 13.2. The lowest BCUT2D eigenvalue weighted by Crippen LogP contribution is -2.00. The fourth-order valence-corrected chi connectivity index (χ4v) is 2.40. The van der Waals surface area contributed by atoms with Crippen LogP contribution in [0.25, 0.3) is 11.0 Å². The average molecular weight is 296 g/mol. The van der Waals surface area contributed by atoms with E-state index in [2.05, 4.69) is 16.5 Å². The molecule has 0 radical (unpaired) electrons. The van der Waals surface area contributed by atoms with E-state index in [0.717, 1.165) is 42.1 Å². The highest BCUT2D eigenvalue weighted by molar-refractivity contribution is 5.77. The Labute approximate surface area is 130 Å². The highest BCUT2D eigenvalue weighted by Gasteiger charge is 2.05. The van der Waals surface area contributed by atoms with E-state index >= 15 is 0 Å². The first-order valence-electron chi connectivity index (χ1n) is 7.44. The van der Waals surface area contributed by atoms with Crippen molar-refractivity contribution in [3.8, 4) is 11.5 Å². The number of benzene rings is 2. The number of methoxy groups -OCH3 is 1. The van der Waals surface area contributed by atoms with E-state index in [-0.39, 0.29) is 0 Å². The van der Waals surface area contributed by atoms with Gasteiger partial charge < -0.3 is 14.0 Å². The summed E-state index contributed by atoms with van der Waals surface area (Å²) >= 11 is 0.